The molecule has 0 spiro atoms. The maximum absolute atomic E-state index is 9.99. The van der Waals surface area contributed by atoms with Gasteiger partial charge in [0, 0.05) is 0 Å². The summed E-state index contributed by atoms with van der Waals surface area (Å²) in [5.74, 6) is 0. The third kappa shape index (κ3) is 4.99. The van der Waals surface area contributed by atoms with Gasteiger partial charge < -0.3 is 4.89 Å². The number of rotatable bonds is 3. The second-order valence-electron chi connectivity index (χ2n) is 1.98. The monoisotopic (exact) mass is 193 g/mol. The predicted octanol–water partition coefficient (Wildman–Crippen LogP) is -1.78. The molecular formula is C7H7NaO3P+. The summed E-state index contributed by atoms with van der Waals surface area (Å²) in [4.78, 5) is 9.99. The Morgan fingerprint density at radius 2 is 1.92 bits per heavy atom. The Balaban J connectivity index is 0.00000121. The van der Waals surface area contributed by atoms with Crippen molar-refractivity contribution in [3.63, 3.8) is 0 Å². The molecule has 0 N–H and O–H groups in total. The Morgan fingerprint density at radius 3 is 2.42 bits per heavy atom. The van der Waals surface area contributed by atoms with E-state index < -0.39 is 8.25 Å². The van der Waals surface area contributed by atoms with Crippen molar-refractivity contribution in [2.24, 2.45) is 0 Å². The maximum Gasteiger partial charge on any atom is 1.00 e. The minimum Gasteiger partial charge on any atom is -0.566 e. The van der Waals surface area contributed by atoms with Crippen LogP contribution in [0, 0.1) is 0 Å². The van der Waals surface area contributed by atoms with Crippen LogP contribution in [0.5, 0.6) is 0 Å². The minimum atomic E-state index is -2.72. The van der Waals surface area contributed by atoms with Gasteiger partial charge >= 0.3 is 37.8 Å². The van der Waals surface area contributed by atoms with E-state index in [9.17, 15) is 9.46 Å². The molecule has 1 aromatic carbocycles. The second kappa shape index (κ2) is 6.72. The van der Waals surface area contributed by atoms with Crippen molar-refractivity contribution in [2.75, 3.05) is 0 Å². The fourth-order valence-electron chi connectivity index (χ4n) is 0.701. The van der Waals surface area contributed by atoms with E-state index in [1.54, 1.807) is 12.1 Å². The summed E-state index contributed by atoms with van der Waals surface area (Å²) in [5.41, 5.74) is 0.853. The first kappa shape index (κ1) is 12.2. The molecule has 0 radical (unpaired) electrons. The van der Waals surface area contributed by atoms with Crippen molar-refractivity contribution >= 4 is 8.25 Å². The fourth-order valence-corrected chi connectivity index (χ4v) is 0.956. The first-order valence-corrected chi connectivity index (χ1v) is 4.20. The molecule has 1 aromatic rings. The fraction of sp³-hybridized carbons (Fsp3) is 0.143. The normalized spacial score (nSPS) is 10.2. The third-order valence-electron chi connectivity index (χ3n) is 1.18. The van der Waals surface area contributed by atoms with Crippen LogP contribution >= 0.6 is 8.25 Å². The summed E-state index contributed by atoms with van der Waals surface area (Å²) in [6, 6.07) is 9.13. The van der Waals surface area contributed by atoms with Gasteiger partial charge in [-0.05, 0) is 10.1 Å². The van der Waals surface area contributed by atoms with Crippen molar-refractivity contribution in [2.45, 2.75) is 6.61 Å². The van der Waals surface area contributed by atoms with Gasteiger partial charge in [0.05, 0.1) is 0 Å². The zero-order valence-corrected chi connectivity index (χ0v) is 9.66. The van der Waals surface area contributed by atoms with Crippen LogP contribution in [-0.2, 0) is 15.7 Å². The molecule has 0 heterocycles. The van der Waals surface area contributed by atoms with Gasteiger partial charge in [-0.1, -0.05) is 30.3 Å². The van der Waals surface area contributed by atoms with Crippen LogP contribution in [0.25, 0.3) is 0 Å². The molecule has 0 aliphatic heterocycles. The van der Waals surface area contributed by atoms with Gasteiger partial charge in [0.1, 0.15) is 6.61 Å². The summed E-state index contributed by atoms with van der Waals surface area (Å²) < 4.78 is 14.4. The van der Waals surface area contributed by atoms with Gasteiger partial charge in [-0.3, -0.25) is 0 Å². The van der Waals surface area contributed by atoms with Crippen molar-refractivity contribution in [1.29, 1.82) is 0 Å². The number of hydrogen-bond acceptors (Lipinski definition) is 3. The van der Waals surface area contributed by atoms with Crippen LogP contribution in [-0.4, -0.2) is 0 Å². The largest absolute Gasteiger partial charge is 1.00 e. The molecular weight excluding hydrogens is 186 g/mol. The molecule has 3 nitrogen and oxygen atoms in total. The Labute approximate surface area is 94.0 Å². The predicted molar refractivity (Wildman–Crippen MR) is 38.8 cm³/mol. The summed E-state index contributed by atoms with van der Waals surface area (Å²) in [6.45, 7) is 0.125. The molecule has 0 aromatic heterocycles. The minimum absolute atomic E-state index is 0. The summed E-state index contributed by atoms with van der Waals surface area (Å²) >= 11 is 0. The number of benzene rings is 1. The molecule has 1 atom stereocenters. The summed E-state index contributed by atoms with van der Waals surface area (Å²) in [6.07, 6.45) is 0. The van der Waals surface area contributed by atoms with Crippen LogP contribution in [0.3, 0.4) is 0 Å². The molecule has 0 aliphatic carbocycles. The van der Waals surface area contributed by atoms with E-state index in [2.05, 4.69) is 4.52 Å². The van der Waals surface area contributed by atoms with E-state index in [1.807, 2.05) is 18.2 Å². The molecule has 0 amide bonds. The molecule has 0 saturated carbocycles. The molecule has 1 unspecified atom stereocenters. The van der Waals surface area contributed by atoms with Crippen LogP contribution in [0.4, 0.5) is 0 Å². The van der Waals surface area contributed by atoms with Gasteiger partial charge in [0.2, 0.25) is 0 Å². The average Bonchev–Trinajstić information content (AvgIpc) is 2.03. The van der Waals surface area contributed by atoms with E-state index in [4.69, 9.17) is 0 Å². The Bertz CT molecular complexity index is 240. The smallest absolute Gasteiger partial charge is 0.566 e. The zero-order chi connectivity index (χ0) is 8.10. The van der Waals surface area contributed by atoms with Crippen molar-refractivity contribution < 1.29 is 43.5 Å². The topological polar surface area (TPSA) is 49.4 Å². The summed E-state index contributed by atoms with van der Waals surface area (Å²) in [5, 5.41) is 0. The van der Waals surface area contributed by atoms with Gasteiger partial charge in [-0.25, -0.2) is 0 Å². The quantitative estimate of drug-likeness (QED) is 0.421. The van der Waals surface area contributed by atoms with Gasteiger partial charge in [0.15, 0.2) is 0 Å². The summed E-state index contributed by atoms with van der Waals surface area (Å²) in [7, 11) is -2.72. The third-order valence-corrected chi connectivity index (χ3v) is 1.52. The van der Waals surface area contributed by atoms with Gasteiger partial charge in [-0.2, -0.15) is 0 Å². The van der Waals surface area contributed by atoms with Crippen LogP contribution in [0.1, 0.15) is 5.56 Å². The zero-order valence-electron chi connectivity index (χ0n) is 6.77. The standard InChI is InChI=1S/C7H7O3P.Na/c8-11(9)10-6-7-4-2-1-3-5-7;/h1-5H,6H2;/q;+1. The molecule has 0 fully saturated rings. The van der Waals surface area contributed by atoms with E-state index in [0.29, 0.717) is 0 Å². The first-order valence-electron chi connectivity index (χ1n) is 3.10. The first-order chi connectivity index (χ1) is 5.29. The molecule has 58 valence electrons. The van der Waals surface area contributed by atoms with Crippen molar-refractivity contribution in [3.8, 4) is 0 Å². The van der Waals surface area contributed by atoms with Gasteiger partial charge in [-0.15, -0.1) is 4.52 Å². The van der Waals surface area contributed by atoms with E-state index in [-0.39, 0.29) is 36.2 Å². The van der Waals surface area contributed by atoms with Gasteiger partial charge in [0.25, 0.3) is 0 Å². The second-order valence-corrected chi connectivity index (χ2v) is 2.69. The Hall–Kier alpha value is 0.240. The van der Waals surface area contributed by atoms with Crippen molar-refractivity contribution in [1.82, 2.24) is 0 Å². The average molecular weight is 193 g/mol. The molecule has 1 rings (SSSR count). The molecule has 0 bridgehead atoms. The van der Waals surface area contributed by atoms with Crippen LogP contribution in [0.2, 0.25) is 0 Å². The molecule has 12 heavy (non-hydrogen) atoms. The molecule has 0 aliphatic rings. The van der Waals surface area contributed by atoms with E-state index >= 15 is 0 Å². The number of hydrogen-bond donors (Lipinski definition) is 0. The van der Waals surface area contributed by atoms with Crippen LogP contribution < -0.4 is 34.5 Å². The Morgan fingerprint density at radius 1 is 1.33 bits per heavy atom. The van der Waals surface area contributed by atoms with Crippen molar-refractivity contribution in [3.05, 3.63) is 35.9 Å². The van der Waals surface area contributed by atoms with Crippen LogP contribution in [0.15, 0.2) is 30.3 Å². The van der Waals surface area contributed by atoms with E-state index in [1.165, 1.54) is 0 Å². The molecule has 0 saturated heterocycles. The SMILES string of the molecule is O=[P+]([O-])OCc1ccccc1.[Na+]. The van der Waals surface area contributed by atoms with E-state index in [0.717, 1.165) is 5.56 Å². The Kier molecular flexibility index (Phi) is 6.86. The maximum atomic E-state index is 9.99. The molecule has 5 heteroatoms.